The van der Waals surface area contributed by atoms with Gasteiger partial charge in [-0.2, -0.15) is 0 Å². The molecular formula is C20H22N2O3. The summed E-state index contributed by atoms with van der Waals surface area (Å²) in [4.78, 5) is 4.64. The Hall–Kier alpha value is -2.63. The minimum absolute atomic E-state index is 0.0400. The van der Waals surface area contributed by atoms with Crippen LogP contribution in [-0.2, 0) is 17.9 Å². The molecule has 1 heterocycles. The highest BCUT2D eigenvalue weighted by molar-refractivity contribution is 5.80. The number of aromatic nitrogens is 1. The first-order valence-corrected chi connectivity index (χ1v) is 8.23. The van der Waals surface area contributed by atoms with E-state index < -0.39 is 0 Å². The van der Waals surface area contributed by atoms with Crippen LogP contribution < -0.4 is 10.1 Å². The van der Waals surface area contributed by atoms with Crippen molar-refractivity contribution in [3.05, 3.63) is 65.7 Å². The fourth-order valence-corrected chi connectivity index (χ4v) is 2.55. The lowest BCUT2D eigenvalue weighted by molar-refractivity contribution is 0.0816. The Morgan fingerprint density at radius 2 is 1.80 bits per heavy atom. The average Bonchev–Trinajstić information content (AvgIpc) is 2.67. The van der Waals surface area contributed by atoms with E-state index in [1.807, 2.05) is 48.5 Å². The van der Waals surface area contributed by atoms with Gasteiger partial charge in [0.15, 0.2) is 0 Å². The molecule has 3 rings (SSSR count). The van der Waals surface area contributed by atoms with E-state index in [2.05, 4.69) is 16.4 Å². The Labute approximate surface area is 147 Å². The van der Waals surface area contributed by atoms with Gasteiger partial charge in [0.05, 0.1) is 32.4 Å². The van der Waals surface area contributed by atoms with Crippen molar-refractivity contribution in [3.63, 3.8) is 0 Å². The van der Waals surface area contributed by atoms with Gasteiger partial charge in [0, 0.05) is 11.9 Å². The minimum Gasteiger partial charge on any atom is -0.497 e. The molecule has 0 amide bonds. The number of methoxy groups -OCH3 is 1. The number of aliphatic hydroxyl groups excluding tert-OH is 1. The maximum absolute atomic E-state index is 8.76. The molecule has 130 valence electrons. The van der Waals surface area contributed by atoms with Gasteiger partial charge in [0.2, 0.25) is 0 Å². The number of hydrogen-bond donors (Lipinski definition) is 2. The van der Waals surface area contributed by atoms with Crippen LogP contribution in [0.4, 0.5) is 5.82 Å². The van der Waals surface area contributed by atoms with Gasteiger partial charge in [-0.3, -0.25) is 0 Å². The summed E-state index contributed by atoms with van der Waals surface area (Å²) in [5.74, 6) is 1.69. The fraction of sp³-hybridized carbons (Fsp3) is 0.250. The molecule has 3 aromatic rings. The van der Waals surface area contributed by atoms with Crippen LogP contribution in [0.1, 0.15) is 11.1 Å². The Morgan fingerprint density at radius 3 is 2.56 bits per heavy atom. The molecule has 0 unspecified atom stereocenters. The van der Waals surface area contributed by atoms with Gasteiger partial charge in [-0.1, -0.05) is 18.2 Å². The number of benzene rings is 2. The lowest BCUT2D eigenvalue weighted by atomic mass is 10.1. The van der Waals surface area contributed by atoms with Gasteiger partial charge in [-0.25, -0.2) is 4.98 Å². The van der Waals surface area contributed by atoms with Crippen molar-refractivity contribution in [3.8, 4) is 5.75 Å². The van der Waals surface area contributed by atoms with Crippen LogP contribution in [0.5, 0.6) is 5.75 Å². The van der Waals surface area contributed by atoms with E-state index in [0.29, 0.717) is 19.8 Å². The van der Waals surface area contributed by atoms with Crippen LogP contribution in [0, 0.1) is 0 Å². The molecule has 0 saturated heterocycles. The van der Waals surface area contributed by atoms with E-state index >= 15 is 0 Å². The average molecular weight is 338 g/mol. The molecule has 0 saturated carbocycles. The van der Waals surface area contributed by atoms with Crippen LogP contribution in [-0.4, -0.2) is 30.4 Å². The summed E-state index contributed by atoms with van der Waals surface area (Å²) in [6.07, 6.45) is 0. The molecule has 1 aromatic heterocycles. The molecule has 0 aliphatic carbocycles. The summed E-state index contributed by atoms with van der Waals surface area (Å²) >= 11 is 0. The molecule has 5 heteroatoms. The highest BCUT2D eigenvalue weighted by Crippen LogP contribution is 2.18. The molecule has 0 spiro atoms. The number of pyridine rings is 1. The Balaban J connectivity index is 1.65. The van der Waals surface area contributed by atoms with Crippen molar-refractivity contribution >= 4 is 16.7 Å². The molecule has 0 bridgehead atoms. The lowest BCUT2D eigenvalue weighted by Gasteiger charge is -2.09. The second-order valence-corrected chi connectivity index (χ2v) is 5.70. The van der Waals surface area contributed by atoms with Crippen LogP contribution in [0.2, 0.25) is 0 Å². The van der Waals surface area contributed by atoms with Crippen molar-refractivity contribution in [2.45, 2.75) is 13.2 Å². The number of hydrogen-bond acceptors (Lipinski definition) is 5. The summed E-state index contributed by atoms with van der Waals surface area (Å²) < 4.78 is 10.5. The lowest BCUT2D eigenvalue weighted by Crippen LogP contribution is -2.02. The summed E-state index contributed by atoms with van der Waals surface area (Å²) in [7, 11) is 1.66. The predicted molar refractivity (Wildman–Crippen MR) is 98.8 cm³/mol. The maximum atomic E-state index is 8.76. The van der Waals surface area contributed by atoms with Crippen LogP contribution in [0.3, 0.4) is 0 Å². The Morgan fingerprint density at radius 1 is 1.00 bits per heavy atom. The van der Waals surface area contributed by atoms with E-state index in [4.69, 9.17) is 14.6 Å². The van der Waals surface area contributed by atoms with Crippen molar-refractivity contribution in [2.24, 2.45) is 0 Å². The first-order chi connectivity index (χ1) is 12.3. The summed E-state index contributed by atoms with van der Waals surface area (Å²) in [5, 5.41) is 13.2. The number of ether oxygens (including phenoxy) is 2. The van der Waals surface area contributed by atoms with Crippen molar-refractivity contribution < 1.29 is 14.6 Å². The SMILES string of the molecule is COc1ccc(CNc2ccc3cc(COCCO)ccc3n2)cc1. The third-order valence-corrected chi connectivity index (χ3v) is 3.89. The fourth-order valence-electron chi connectivity index (χ4n) is 2.55. The molecule has 25 heavy (non-hydrogen) atoms. The topological polar surface area (TPSA) is 63.6 Å². The third-order valence-electron chi connectivity index (χ3n) is 3.89. The van der Waals surface area contributed by atoms with E-state index in [-0.39, 0.29) is 6.61 Å². The predicted octanol–water partition coefficient (Wildman–Crippen LogP) is 3.36. The number of rotatable bonds is 8. The molecule has 0 aliphatic rings. The van der Waals surface area contributed by atoms with Crippen molar-refractivity contribution in [2.75, 3.05) is 25.6 Å². The molecule has 0 atom stereocenters. The minimum atomic E-state index is 0.0400. The van der Waals surface area contributed by atoms with Gasteiger partial charge in [-0.05, 0) is 47.5 Å². The van der Waals surface area contributed by atoms with Gasteiger partial charge >= 0.3 is 0 Å². The summed E-state index contributed by atoms with van der Waals surface area (Å²) in [6, 6.07) is 18.0. The highest BCUT2D eigenvalue weighted by Gasteiger charge is 2.01. The molecule has 0 fully saturated rings. The third kappa shape index (κ3) is 4.68. The van der Waals surface area contributed by atoms with Crippen LogP contribution in [0.25, 0.3) is 10.9 Å². The van der Waals surface area contributed by atoms with Crippen molar-refractivity contribution in [1.82, 2.24) is 4.98 Å². The summed E-state index contributed by atoms with van der Waals surface area (Å²) in [5.41, 5.74) is 3.17. The zero-order valence-electron chi connectivity index (χ0n) is 14.2. The first-order valence-electron chi connectivity index (χ1n) is 8.23. The molecule has 2 N–H and O–H groups in total. The van der Waals surface area contributed by atoms with Gasteiger partial charge in [0.25, 0.3) is 0 Å². The largest absolute Gasteiger partial charge is 0.497 e. The normalized spacial score (nSPS) is 10.8. The second-order valence-electron chi connectivity index (χ2n) is 5.70. The van der Waals surface area contributed by atoms with E-state index in [1.54, 1.807) is 7.11 Å². The molecular weight excluding hydrogens is 316 g/mol. The monoisotopic (exact) mass is 338 g/mol. The van der Waals surface area contributed by atoms with Gasteiger partial charge in [0.1, 0.15) is 11.6 Å². The van der Waals surface area contributed by atoms with E-state index in [1.165, 1.54) is 5.56 Å². The van der Waals surface area contributed by atoms with Crippen LogP contribution >= 0.6 is 0 Å². The number of anilines is 1. The van der Waals surface area contributed by atoms with Gasteiger partial charge < -0.3 is 19.9 Å². The van der Waals surface area contributed by atoms with E-state index in [0.717, 1.165) is 28.0 Å². The van der Waals surface area contributed by atoms with E-state index in [9.17, 15) is 0 Å². The number of aliphatic hydroxyl groups is 1. The molecule has 0 aliphatic heterocycles. The molecule has 5 nitrogen and oxygen atoms in total. The molecule has 0 radical (unpaired) electrons. The molecule has 2 aromatic carbocycles. The Bertz CT molecular complexity index is 819. The Kier molecular flexibility index (Phi) is 5.82. The number of nitrogens with one attached hydrogen (secondary N) is 1. The number of nitrogens with zero attached hydrogens (tertiary/aromatic N) is 1. The number of fused-ring (bicyclic) bond motifs is 1. The second kappa shape index (κ2) is 8.46. The zero-order chi connectivity index (χ0) is 17.5. The van der Waals surface area contributed by atoms with Crippen molar-refractivity contribution in [1.29, 1.82) is 0 Å². The smallest absolute Gasteiger partial charge is 0.126 e. The van der Waals surface area contributed by atoms with Gasteiger partial charge in [-0.15, -0.1) is 0 Å². The summed E-state index contributed by atoms with van der Waals surface area (Å²) in [6.45, 7) is 1.59. The van der Waals surface area contributed by atoms with Crippen LogP contribution in [0.15, 0.2) is 54.6 Å². The standard InChI is InChI=1S/C20H22N2O3/c1-24-18-6-2-15(3-7-18)13-21-20-9-5-17-12-16(14-25-11-10-23)4-8-19(17)22-20/h2-9,12,23H,10-11,13-14H2,1H3,(H,21,22). The quantitative estimate of drug-likeness (QED) is 0.617. The highest BCUT2D eigenvalue weighted by atomic mass is 16.5. The first kappa shape index (κ1) is 17.2. The zero-order valence-corrected chi connectivity index (χ0v) is 14.2. The maximum Gasteiger partial charge on any atom is 0.126 e.